The first kappa shape index (κ1) is 13.4. The predicted octanol–water partition coefficient (Wildman–Crippen LogP) is 2.60. The highest BCUT2D eigenvalue weighted by atomic mass is 35.5. The molecule has 0 N–H and O–H groups in total. The quantitative estimate of drug-likeness (QED) is 0.438. The second kappa shape index (κ2) is 4.32. The molecule has 0 amide bonds. The molecule has 0 saturated heterocycles. The van der Waals surface area contributed by atoms with Crippen molar-refractivity contribution in [3.8, 4) is 0 Å². The second-order valence-electron chi connectivity index (χ2n) is 5.17. The molecule has 92 valence electrons. The van der Waals surface area contributed by atoms with Crippen molar-refractivity contribution in [2.24, 2.45) is 5.92 Å². The van der Waals surface area contributed by atoms with Gasteiger partial charge in [-0.3, -0.25) is 9.59 Å². The summed E-state index contributed by atoms with van der Waals surface area (Å²) in [6.45, 7) is 5.17. The van der Waals surface area contributed by atoms with Gasteiger partial charge in [0.15, 0.2) is 5.13 Å². The summed E-state index contributed by atoms with van der Waals surface area (Å²) in [5.74, 6) is -1.33. The summed E-state index contributed by atoms with van der Waals surface area (Å²) in [4.78, 5) is 22.6. The Morgan fingerprint density at radius 2 is 2.00 bits per heavy atom. The highest BCUT2D eigenvalue weighted by molar-refractivity contribution is 6.25. The fourth-order valence-electron chi connectivity index (χ4n) is 1.38. The fourth-order valence-corrected chi connectivity index (χ4v) is 1.64. The molecule has 0 radical (unpaired) electrons. The van der Waals surface area contributed by atoms with Crippen LogP contribution in [-0.2, 0) is 14.3 Å². The minimum absolute atomic E-state index is 0.0131. The molecular formula is C11H16ClFO3. The van der Waals surface area contributed by atoms with Gasteiger partial charge in [-0.25, -0.2) is 4.39 Å². The minimum Gasteiger partial charge on any atom is -0.460 e. The lowest BCUT2D eigenvalue weighted by atomic mass is 10.1. The van der Waals surface area contributed by atoms with E-state index in [-0.39, 0.29) is 25.0 Å². The highest BCUT2D eigenvalue weighted by Crippen LogP contribution is 2.52. The largest absolute Gasteiger partial charge is 0.460 e. The molecule has 0 aliphatic heterocycles. The zero-order valence-electron chi connectivity index (χ0n) is 9.68. The number of alkyl halides is 2. The number of rotatable bonds is 4. The average Bonchev–Trinajstić information content (AvgIpc) is 2.52. The lowest BCUT2D eigenvalue weighted by molar-refractivity contribution is -0.156. The van der Waals surface area contributed by atoms with Crippen molar-refractivity contribution < 1.29 is 18.7 Å². The molecule has 2 unspecified atom stereocenters. The SMILES string of the molecule is CC(C)(C)OC(=O)CC(=O)CC1CC1(F)Cl. The van der Waals surface area contributed by atoms with Crippen molar-refractivity contribution >= 4 is 23.4 Å². The van der Waals surface area contributed by atoms with Crippen LogP contribution in [0.1, 0.15) is 40.0 Å². The Morgan fingerprint density at radius 3 is 2.38 bits per heavy atom. The lowest BCUT2D eigenvalue weighted by Gasteiger charge is -2.19. The highest BCUT2D eigenvalue weighted by Gasteiger charge is 2.54. The third-order valence-electron chi connectivity index (χ3n) is 2.19. The van der Waals surface area contributed by atoms with Gasteiger partial charge in [0.05, 0.1) is 0 Å². The summed E-state index contributed by atoms with van der Waals surface area (Å²) in [6.07, 6.45) is -0.103. The van der Waals surface area contributed by atoms with Crippen molar-refractivity contribution in [2.45, 2.75) is 50.8 Å². The van der Waals surface area contributed by atoms with Crippen LogP contribution in [0.25, 0.3) is 0 Å². The molecule has 0 heterocycles. The van der Waals surface area contributed by atoms with Crippen LogP contribution >= 0.6 is 11.6 Å². The van der Waals surface area contributed by atoms with Crippen LogP contribution in [0.2, 0.25) is 0 Å². The first-order valence-corrected chi connectivity index (χ1v) is 5.59. The van der Waals surface area contributed by atoms with E-state index in [0.29, 0.717) is 0 Å². The van der Waals surface area contributed by atoms with Gasteiger partial charge in [0.25, 0.3) is 0 Å². The first-order chi connectivity index (χ1) is 7.10. The van der Waals surface area contributed by atoms with Gasteiger partial charge in [0.2, 0.25) is 0 Å². The number of esters is 1. The van der Waals surface area contributed by atoms with Gasteiger partial charge in [-0.1, -0.05) is 11.6 Å². The molecule has 0 aromatic carbocycles. The molecule has 3 nitrogen and oxygen atoms in total. The molecule has 0 aromatic rings. The fraction of sp³-hybridized carbons (Fsp3) is 0.818. The number of hydrogen-bond donors (Lipinski definition) is 0. The predicted molar refractivity (Wildman–Crippen MR) is 57.9 cm³/mol. The normalized spacial score (nSPS) is 28.7. The van der Waals surface area contributed by atoms with Gasteiger partial charge in [0, 0.05) is 18.8 Å². The zero-order chi connectivity index (χ0) is 12.6. The lowest BCUT2D eigenvalue weighted by Crippen LogP contribution is -2.25. The molecular weight excluding hydrogens is 235 g/mol. The smallest absolute Gasteiger partial charge is 0.313 e. The van der Waals surface area contributed by atoms with E-state index in [0.717, 1.165) is 0 Å². The summed E-state index contributed by atoms with van der Waals surface area (Å²) in [6, 6.07) is 0. The summed E-state index contributed by atoms with van der Waals surface area (Å²) in [7, 11) is 0. The summed E-state index contributed by atoms with van der Waals surface area (Å²) < 4.78 is 17.9. The maximum atomic E-state index is 12.9. The van der Waals surface area contributed by atoms with E-state index in [4.69, 9.17) is 16.3 Å². The number of halogens is 2. The topological polar surface area (TPSA) is 43.4 Å². The third-order valence-corrected chi connectivity index (χ3v) is 2.65. The molecule has 16 heavy (non-hydrogen) atoms. The van der Waals surface area contributed by atoms with Crippen molar-refractivity contribution in [3.05, 3.63) is 0 Å². The van der Waals surface area contributed by atoms with Crippen LogP contribution in [0.3, 0.4) is 0 Å². The number of ketones is 1. The van der Waals surface area contributed by atoms with E-state index in [1.54, 1.807) is 20.8 Å². The number of carbonyl (C=O) groups excluding carboxylic acids is 2. The molecule has 0 spiro atoms. The summed E-state index contributed by atoms with van der Waals surface area (Å²) in [5.41, 5.74) is -0.604. The van der Waals surface area contributed by atoms with Crippen molar-refractivity contribution in [1.29, 1.82) is 0 Å². The Bertz CT molecular complexity index is 307. The van der Waals surface area contributed by atoms with Crippen LogP contribution < -0.4 is 0 Å². The van der Waals surface area contributed by atoms with E-state index in [1.807, 2.05) is 0 Å². The van der Waals surface area contributed by atoms with Gasteiger partial charge in [-0.15, -0.1) is 0 Å². The van der Waals surface area contributed by atoms with E-state index in [1.165, 1.54) is 0 Å². The van der Waals surface area contributed by atoms with Gasteiger partial charge in [-0.05, 0) is 20.8 Å². The molecule has 2 atom stereocenters. The molecule has 0 aromatic heterocycles. The van der Waals surface area contributed by atoms with Gasteiger partial charge in [-0.2, -0.15) is 0 Å². The van der Waals surface area contributed by atoms with Crippen molar-refractivity contribution in [3.63, 3.8) is 0 Å². The summed E-state index contributed by atoms with van der Waals surface area (Å²) in [5, 5.41) is -1.73. The Labute approximate surface area is 99.3 Å². The van der Waals surface area contributed by atoms with Crippen molar-refractivity contribution in [2.75, 3.05) is 0 Å². The number of ether oxygens (including phenoxy) is 1. The van der Waals surface area contributed by atoms with Crippen molar-refractivity contribution in [1.82, 2.24) is 0 Å². The zero-order valence-corrected chi connectivity index (χ0v) is 10.4. The van der Waals surface area contributed by atoms with Crippen LogP contribution in [0, 0.1) is 5.92 Å². The number of Topliss-reactive ketones (excluding diaryl/α,β-unsaturated/α-hetero) is 1. The molecule has 1 rings (SSSR count). The van der Waals surface area contributed by atoms with Gasteiger partial charge in [0.1, 0.15) is 17.8 Å². The molecule has 5 heteroatoms. The monoisotopic (exact) mass is 250 g/mol. The number of hydrogen-bond acceptors (Lipinski definition) is 3. The van der Waals surface area contributed by atoms with Crippen LogP contribution in [0.15, 0.2) is 0 Å². The van der Waals surface area contributed by atoms with Gasteiger partial charge < -0.3 is 4.74 Å². The number of carbonyl (C=O) groups is 2. The standard InChI is InChI=1S/C11H16ClFO3/c1-10(2,3)16-9(15)5-8(14)4-7-6-11(7,12)13/h7H,4-6H2,1-3H3. The second-order valence-corrected chi connectivity index (χ2v) is 5.80. The molecule has 0 bridgehead atoms. The Morgan fingerprint density at radius 1 is 1.50 bits per heavy atom. The molecule has 1 fully saturated rings. The van der Waals surface area contributed by atoms with Gasteiger partial charge >= 0.3 is 5.97 Å². The van der Waals surface area contributed by atoms with Crippen LogP contribution in [0.5, 0.6) is 0 Å². The Hall–Kier alpha value is -0.640. The maximum Gasteiger partial charge on any atom is 0.313 e. The third kappa shape index (κ3) is 4.47. The van der Waals surface area contributed by atoms with Crippen LogP contribution in [0.4, 0.5) is 4.39 Å². The minimum atomic E-state index is -1.73. The Balaban J connectivity index is 2.27. The molecule has 1 aliphatic rings. The van der Waals surface area contributed by atoms with E-state index in [2.05, 4.69) is 0 Å². The first-order valence-electron chi connectivity index (χ1n) is 5.21. The van der Waals surface area contributed by atoms with E-state index < -0.39 is 22.6 Å². The Kier molecular flexibility index (Phi) is 3.62. The van der Waals surface area contributed by atoms with E-state index >= 15 is 0 Å². The maximum absolute atomic E-state index is 12.9. The summed E-state index contributed by atoms with van der Waals surface area (Å²) >= 11 is 5.36. The average molecular weight is 251 g/mol. The van der Waals surface area contributed by atoms with Crippen LogP contribution in [-0.4, -0.2) is 22.5 Å². The molecule has 1 aliphatic carbocycles. The van der Waals surface area contributed by atoms with E-state index in [9.17, 15) is 14.0 Å². The molecule has 1 saturated carbocycles.